The number of hydrogen-bond acceptors (Lipinski definition) is 11. The topological polar surface area (TPSA) is 204 Å². The van der Waals surface area contributed by atoms with Crippen LogP contribution in [-0.4, -0.2) is 79.9 Å². The molecule has 49 heavy (non-hydrogen) atoms. The molecule has 0 bridgehead atoms. The fourth-order valence-electron chi connectivity index (χ4n) is 4.44. The van der Waals surface area contributed by atoms with E-state index in [1.807, 2.05) is 24.3 Å². The minimum atomic E-state index is -4.78. The van der Waals surface area contributed by atoms with E-state index in [2.05, 4.69) is 20.5 Å². The molecule has 0 saturated carbocycles. The fraction of sp³-hybridized carbons (Fsp3) is 0. The van der Waals surface area contributed by atoms with Crippen LogP contribution in [0.2, 0.25) is 10.0 Å². The number of aromatic hydroxyl groups is 1. The van der Waals surface area contributed by atoms with Crippen LogP contribution >= 0.6 is 23.2 Å². The monoisotopic (exact) mass is 860 g/mol. The van der Waals surface area contributed by atoms with Gasteiger partial charge < -0.3 is 14.8 Å². The van der Waals surface area contributed by atoms with Crippen LogP contribution in [0.3, 0.4) is 0 Å². The molecule has 0 aliphatic carbocycles. The van der Waals surface area contributed by atoms with E-state index in [1.165, 1.54) is 36.4 Å². The van der Waals surface area contributed by atoms with E-state index in [0.29, 0.717) is 10.8 Å². The Kier molecular flexibility index (Phi) is 12.6. The van der Waals surface area contributed by atoms with Crippen LogP contribution in [0.25, 0.3) is 21.5 Å². The first-order valence-electron chi connectivity index (χ1n) is 13.5. The number of phenols is 1. The summed E-state index contributed by atoms with van der Waals surface area (Å²) in [4.78, 5) is -1.05. The molecule has 2 N–H and O–H groups in total. The Hall–Kier alpha value is -3.39. The van der Waals surface area contributed by atoms with Gasteiger partial charge in [-0.1, -0.05) is 95.7 Å². The number of halogens is 2. The number of hydrogen-bond donors (Lipinski definition) is 2. The average Bonchev–Trinajstić information content (AvgIpc) is 3.04. The molecular weight excluding hydrogens is 841 g/mol. The van der Waals surface area contributed by atoms with Gasteiger partial charge in [-0.05, 0) is 53.2 Å². The second kappa shape index (κ2) is 16.1. The Bertz CT molecular complexity index is 2310. The second-order valence-electron chi connectivity index (χ2n) is 9.84. The molecule has 0 heterocycles. The Balaban J connectivity index is 0.000000216. The summed E-state index contributed by atoms with van der Waals surface area (Å²) < 4.78 is 66.1. The van der Waals surface area contributed by atoms with E-state index in [-0.39, 0.29) is 93.2 Å². The normalized spacial score (nSPS) is 11.8. The quantitative estimate of drug-likeness (QED) is 0.0944. The maximum atomic E-state index is 12.0. The maximum Gasteiger partial charge on any atom is 2.00 e. The first-order chi connectivity index (χ1) is 22.7. The fourth-order valence-corrected chi connectivity index (χ4v) is 6.20. The van der Waals surface area contributed by atoms with Crippen molar-refractivity contribution in [2.75, 3.05) is 0 Å². The number of phenolic OH excluding ortho intramolecular Hbond substituents is 1. The van der Waals surface area contributed by atoms with Crippen LogP contribution < -0.4 is 5.11 Å². The predicted octanol–water partition coefficient (Wildman–Crippen LogP) is 8.37. The Morgan fingerprint density at radius 3 is 1.61 bits per heavy atom. The Labute approximate surface area is 330 Å². The smallest absolute Gasteiger partial charge is 0.871 e. The second-order valence-corrected chi connectivity index (χ2v) is 13.5. The van der Waals surface area contributed by atoms with Crippen molar-refractivity contribution in [2.45, 2.75) is 9.79 Å². The Morgan fingerprint density at radius 2 is 1.06 bits per heavy atom. The van der Waals surface area contributed by atoms with Crippen molar-refractivity contribution in [1.82, 2.24) is 0 Å². The number of azo groups is 2. The summed E-state index contributed by atoms with van der Waals surface area (Å²) in [6.07, 6.45) is 0. The number of nitrogens with zero attached hydrogens (tertiary/aromatic N) is 4. The van der Waals surface area contributed by atoms with Crippen molar-refractivity contribution in [3.05, 3.63) is 119 Å². The molecule has 0 aliphatic heterocycles. The number of rotatable bonds is 6. The van der Waals surface area contributed by atoms with Crippen LogP contribution in [-0.2, 0) is 20.2 Å². The van der Waals surface area contributed by atoms with Gasteiger partial charge in [0.05, 0.1) is 10.6 Å². The van der Waals surface area contributed by atoms with Gasteiger partial charge in [0, 0.05) is 20.8 Å². The van der Waals surface area contributed by atoms with Crippen molar-refractivity contribution < 1.29 is 36.2 Å². The van der Waals surface area contributed by atoms with Gasteiger partial charge in [0.1, 0.15) is 37.8 Å². The molecule has 0 unspecified atom stereocenters. The van der Waals surface area contributed by atoms with Crippen molar-refractivity contribution >= 4 is 137 Å². The van der Waals surface area contributed by atoms with Crippen LogP contribution in [0.4, 0.5) is 22.7 Å². The van der Waals surface area contributed by atoms with Gasteiger partial charge in [0.2, 0.25) is 0 Å². The van der Waals surface area contributed by atoms with Gasteiger partial charge >= 0.3 is 48.9 Å². The maximum absolute atomic E-state index is 12.0. The summed E-state index contributed by atoms with van der Waals surface area (Å²) in [5, 5.41) is 40.6. The van der Waals surface area contributed by atoms with E-state index in [9.17, 15) is 36.2 Å². The van der Waals surface area contributed by atoms with Crippen molar-refractivity contribution in [1.29, 1.82) is 0 Å². The van der Waals surface area contributed by atoms with Crippen molar-refractivity contribution in [3.8, 4) is 11.5 Å². The van der Waals surface area contributed by atoms with Gasteiger partial charge in [-0.2, -0.15) is 13.5 Å². The molecule has 6 rings (SSSR count). The first kappa shape index (κ1) is 38.4. The summed E-state index contributed by atoms with van der Waals surface area (Å²) in [7, 11) is -9.29. The van der Waals surface area contributed by atoms with Crippen LogP contribution in [0.15, 0.2) is 139 Å². The Morgan fingerprint density at radius 1 is 0.592 bits per heavy atom. The van der Waals surface area contributed by atoms with Crippen LogP contribution in [0.5, 0.6) is 11.5 Å². The third kappa shape index (κ3) is 9.44. The third-order valence-corrected chi connectivity index (χ3v) is 8.87. The average molecular weight is 861 g/mol. The molecule has 6 aromatic carbocycles. The molecule has 6 aromatic rings. The molecule has 0 amide bonds. The van der Waals surface area contributed by atoms with E-state index in [4.69, 9.17) is 23.2 Å². The summed E-state index contributed by atoms with van der Waals surface area (Å²) in [6, 6.07) is 28.0. The summed E-state index contributed by atoms with van der Waals surface area (Å²) in [6.45, 7) is 0. The van der Waals surface area contributed by atoms with Gasteiger partial charge in [0.15, 0.2) is 0 Å². The van der Waals surface area contributed by atoms with Gasteiger partial charge in [-0.25, -0.2) is 8.42 Å². The minimum absolute atomic E-state index is 0. The van der Waals surface area contributed by atoms with Gasteiger partial charge in [0.25, 0.3) is 10.1 Å². The molecule has 0 spiro atoms. The molecule has 0 aliphatic rings. The largest absolute Gasteiger partial charge is 2.00 e. The predicted molar refractivity (Wildman–Crippen MR) is 184 cm³/mol. The van der Waals surface area contributed by atoms with Crippen molar-refractivity contribution in [3.63, 3.8) is 0 Å². The third-order valence-electron chi connectivity index (χ3n) is 6.65. The number of benzene rings is 6. The van der Waals surface area contributed by atoms with Crippen molar-refractivity contribution in [2.24, 2.45) is 20.5 Å². The molecule has 0 fully saturated rings. The molecule has 0 radical (unpaired) electrons. The molecule has 12 nitrogen and oxygen atoms in total. The molecule has 0 aromatic heterocycles. The molecule has 0 atom stereocenters. The molecular formula is C32H20BaCl2N4O8S2. The zero-order chi connectivity index (χ0) is 34.6. The van der Waals surface area contributed by atoms with E-state index in [0.717, 1.165) is 22.9 Å². The summed E-state index contributed by atoms with van der Waals surface area (Å²) in [5.74, 6) is -0.460. The van der Waals surface area contributed by atoms with Crippen LogP contribution in [0.1, 0.15) is 0 Å². The SMILES string of the molecule is O=S(=O)(O)c1cc(Cl)ccc1N=Nc1c(O)ccc2ccccc12.O=S(=O)([O-])c1cc(Cl)ccc1N=Nc1c([O-])ccc2ccccc12.[Ba+2]. The molecule has 0 saturated heterocycles. The van der Waals surface area contributed by atoms with E-state index in [1.54, 1.807) is 36.4 Å². The van der Waals surface area contributed by atoms with Gasteiger partial charge in [-0.3, -0.25) is 4.55 Å². The summed E-state index contributed by atoms with van der Waals surface area (Å²) >= 11 is 11.5. The van der Waals surface area contributed by atoms with Crippen LogP contribution in [0, 0.1) is 0 Å². The van der Waals surface area contributed by atoms with Gasteiger partial charge in [-0.15, -0.1) is 15.3 Å². The van der Waals surface area contributed by atoms with E-state index < -0.39 is 30.0 Å². The molecule has 17 heteroatoms. The summed E-state index contributed by atoms with van der Waals surface area (Å²) in [5.41, 5.74) is -0.00222. The first-order valence-corrected chi connectivity index (χ1v) is 17.1. The standard InChI is InChI=1S/2C16H11ClN2O4S.Ba/c2*17-11-6-7-13(15(9-11)24(21,22)23)18-19-16-12-4-2-1-3-10(12)5-8-14(16)20;/h2*1-9,20H,(H,21,22,23);/q;;+2/p-2. The minimum Gasteiger partial charge on any atom is -0.871 e. The zero-order valence-corrected chi connectivity index (χ0v) is 32.4. The zero-order valence-electron chi connectivity index (χ0n) is 24.8. The van der Waals surface area contributed by atoms with E-state index >= 15 is 0 Å². The number of fused-ring (bicyclic) bond motifs is 2. The molecule has 244 valence electrons.